The van der Waals surface area contributed by atoms with E-state index in [-0.39, 0.29) is 22.9 Å². The van der Waals surface area contributed by atoms with Crippen LogP contribution in [0.5, 0.6) is 11.5 Å². The second-order valence-corrected chi connectivity index (χ2v) is 11.5. The molecule has 4 aromatic rings. The first-order chi connectivity index (χ1) is 20.0. The second-order valence-electron chi connectivity index (χ2n) is 11.5. The van der Waals surface area contributed by atoms with Crippen LogP contribution < -0.4 is 15.2 Å². The lowest BCUT2D eigenvalue weighted by atomic mass is 9.75. The van der Waals surface area contributed by atoms with Crippen LogP contribution in [-0.4, -0.2) is 47.6 Å². The summed E-state index contributed by atoms with van der Waals surface area (Å²) in [6.07, 6.45) is 1.49. The van der Waals surface area contributed by atoms with Gasteiger partial charge in [0.05, 0.1) is 42.5 Å². The van der Waals surface area contributed by atoms with Crippen LogP contribution in [0.15, 0.2) is 60.7 Å². The fourth-order valence-corrected chi connectivity index (χ4v) is 5.57. The quantitative estimate of drug-likeness (QED) is 0.276. The van der Waals surface area contributed by atoms with E-state index in [1.807, 2.05) is 18.2 Å². The molecule has 0 atom stereocenters. The van der Waals surface area contributed by atoms with Crippen LogP contribution in [-0.2, 0) is 19.4 Å². The van der Waals surface area contributed by atoms with Gasteiger partial charge in [-0.15, -0.1) is 0 Å². The highest BCUT2D eigenvalue weighted by Gasteiger charge is 2.37. The minimum absolute atomic E-state index is 0.0516. The normalized spacial score (nSPS) is 13.9. The van der Waals surface area contributed by atoms with Gasteiger partial charge in [0.15, 0.2) is 17.3 Å². The molecule has 2 N–H and O–H groups in total. The zero-order valence-electron chi connectivity index (χ0n) is 24.5. The fourth-order valence-electron chi connectivity index (χ4n) is 5.57. The molecule has 5 rings (SSSR count). The maximum atomic E-state index is 13.5. The largest absolute Gasteiger partial charge is 0.493 e. The topological polar surface area (TPSA) is 99.7 Å². The third-order valence-corrected chi connectivity index (χ3v) is 7.62. The van der Waals surface area contributed by atoms with Crippen LogP contribution in [0, 0.1) is 11.2 Å². The minimum Gasteiger partial charge on any atom is -0.493 e. The number of aromatic nitrogens is 2. The predicted octanol–water partition coefficient (Wildman–Crippen LogP) is 5.63. The number of benzene rings is 3. The van der Waals surface area contributed by atoms with Crippen molar-refractivity contribution < 1.29 is 23.5 Å². The third-order valence-electron chi connectivity index (χ3n) is 7.62. The first kappa shape index (κ1) is 28.9. The Bertz CT molecular complexity index is 1660. The van der Waals surface area contributed by atoms with Gasteiger partial charge in [-0.25, -0.2) is 9.07 Å². The van der Waals surface area contributed by atoms with Gasteiger partial charge in [-0.1, -0.05) is 32.0 Å². The minimum atomic E-state index is -0.325. The summed E-state index contributed by atoms with van der Waals surface area (Å²) in [6.45, 7) is 4.46. The number of methoxy groups -OCH3 is 2. The number of halogens is 1. The number of nitrogen functional groups attached to an aromatic ring is 1. The molecule has 0 bridgehead atoms. The summed E-state index contributed by atoms with van der Waals surface area (Å²) in [5, 5.41) is 4.92. The molecule has 0 unspecified atom stereocenters. The van der Waals surface area contributed by atoms with E-state index < -0.39 is 0 Å². The number of nitrogens with two attached hydrogens (primary N) is 1. The number of Topliss-reactive ketones (excluding diaryl/α,β-unsaturated/α-hetero) is 1. The Kier molecular flexibility index (Phi) is 7.77. The molecule has 0 saturated carbocycles. The molecule has 0 spiro atoms. The second kappa shape index (κ2) is 11.3. The molecule has 218 valence electrons. The number of carbonyl (C=O) groups excluding carboxylic acids is 2. The van der Waals surface area contributed by atoms with Gasteiger partial charge in [0.25, 0.3) is 5.91 Å². The molecule has 1 aliphatic rings. The van der Waals surface area contributed by atoms with Gasteiger partial charge < -0.3 is 20.1 Å². The molecule has 0 radical (unpaired) electrons. The van der Waals surface area contributed by atoms with Gasteiger partial charge in [0, 0.05) is 32.0 Å². The van der Waals surface area contributed by atoms with E-state index >= 15 is 0 Å². The number of fused-ring (bicyclic) bond motifs is 1. The molecule has 42 heavy (non-hydrogen) atoms. The molecular weight excluding hydrogens is 535 g/mol. The van der Waals surface area contributed by atoms with E-state index in [0.29, 0.717) is 65.5 Å². The molecule has 1 heterocycles. The smallest absolute Gasteiger partial charge is 0.253 e. The Balaban J connectivity index is 1.49. The van der Waals surface area contributed by atoms with Crippen LogP contribution >= 0.6 is 0 Å². The molecule has 8 nitrogen and oxygen atoms in total. The van der Waals surface area contributed by atoms with E-state index in [9.17, 15) is 14.0 Å². The van der Waals surface area contributed by atoms with Crippen LogP contribution in [0.4, 0.5) is 10.1 Å². The summed E-state index contributed by atoms with van der Waals surface area (Å²) < 4.78 is 25.9. The van der Waals surface area contributed by atoms with Gasteiger partial charge >= 0.3 is 0 Å². The number of anilines is 1. The van der Waals surface area contributed by atoms with E-state index in [1.165, 1.54) is 12.1 Å². The van der Waals surface area contributed by atoms with Gasteiger partial charge in [0.2, 0.25) is 0 Å². The highest BCUT2D eigenvalue weighted by Crippen LogP contribution is 2.39. The summed E-state index contributed by atoms with van der Waals surface area (Å²) >= 11 is 0. The van der Waals surface area contributed by atoms with Gasteiger partial charge in [-0.2, -0.15) is 5.10 Å². The number of hydrogen-bond acceptors (Lipinski definition) is 6. The van der Waals surface area contributed by atoms with Crippen molar-refractivity contribution in [1.29, 1.82) is 0 Å². The molecule has 1 aliphatic carbocycles. The molecule has 0 fully saturated rings. The predicted molar refractivity (Wildman–Crippen MR) is 159 cm³/mol. The summed E-state index contributed by atoms with van der Waals surface area (Å²) in [7, 11) is 4.86. The van der Waals surface area contributed by atoms with Crippen LogP contribution in [0.3, 0.4) is 0 Å². The summed E-state index contributed by atoms with van der Waals surface area (Å²) in [5.41, 5.74) is 11.5. The van der Waals surface area contributed by atoms with E-state index in [0.717, 1.165) is 16.8 Å². The van der Waals surface area contributed by atoms with E-state index in [4.69, 9.17) is 20.3 Å². The molecule has 1 amide bonds. The van der Waals surface area contributed by atoms with Crippen molar-refractivity contribution in [2.24, 2.45) is 5.41 Å². The molecular formula is C33H35FN4O4. The lowest BCUT2D eigenvalue weighted by Crippen LogP contribution is -2.28. The van der Waals surface area contributed by atoms with Gasteiger partial charge in [-0.05, 0) is 65.4 Å². The van der Waals surface area contributed by atoms with Crippen LogP contribution in [0.2, 0.25) is 0 Å². The van der Waals surface area contributed by atoms with Crippen molar-refractivity contribution in [1.82, 2.24) is 14.7 Å². The Morgan fingerprint density at radius 2 is 1.69 bits per heavy atom. The Morgan fingerprint density at radius 3 is 2.36 bits per heavy atom. The van der Waals surface area contributed by atoms with E-state index in [2.05, 4.69) is 13.8 Å². The zero-order valence-corrected chi connectivity index (χ0v) is 24.5. The SMILES string of the molecule is COc1ccc(Cc2nn(-c3ccc(C(=O)N(C)Cc4ccc(F)cc4)cc3N)c3c2C(=O)CC(C)(C)C3)cc1OC. The van der Waals surface area contributed by atoms with Crippen molar-refractivity contribution in [2.75, 3.05) is 27.0 Å². The molecule has 9 heteroatoms. The van der Waals surface area contributed by atoms with Crippen molar-refractivity contribution in [3.05, 3.63) is 100 Å². The van der Waals surface area contributed by atoms with Gasteiger partial charge in [0.1, 0.15) is 5.82 Å². The molecule has 3 aromatic carbocycles. The first-order valence-corrected chi connectivity index (χ1v) is 13.7. The number of rotatable bonds is 8. The maximum absolute atomic E-state index is 13.5. The molecule has 0 saturated heterocycles. The Morgan fingerprint density at radius 1 is 1.00 bits per heavy atom. The Hall–Kier alpha value is -4.66. The number of carbonyl (C=O) groups is 2. The average Bonchev–Trinajstić information content (AvgIpc) is 3.30. The Labute approximate surface area is 244 Å². The van der Waals surface area contributed by atoms with Gasteiger partial charge in [-0.3, -0.25) is 9.59 Å². The average molecular weight is 571 g/mol. The highest BCUT2D eigenvalue weighted by molar-refractivity contribution is 6.00. The molecule has 0 aliphatic heterocycles. The third kappa shape index (κ3) is 5.72. The van der Waals surface area contributed by atoms with Crippen molar-refractivity contribution in [2.45, 2.75) is 39.7 Å². The van der Waals surface area contributed by atoms with Crippen LogP contribution in [0.25, 0.3) is 5.69 Å². The number of ether oxygens (including phenoxy) is 2. The molecule has 1 aromatic heterocycles. The van der Waals surface area contributed by atoms with Crippen molar-refractivity contribution >= 4 is 17.4 Å². The van der Waals surface area contributed by atoms with E-state index in [1.54, 1.807) is 61.2 Å². The van der Waals surface area contributed by atoms with Crippen LogP contribution in [0.1, 0.15) is 63.5 Å². The number of amides is 1. The monoisotopic (exact) mass is 570 g/mol. The number of ketones is 1. The maximum Gasteiger partial charge on any atom is 0.253 e. The van der Waals surface area contributed by atoms with Crippen molar-refractivity contribution in [3.8, 4) is 17.2 Å². The standard InChI is InChI=1S/C33H35FN4O4/c1-33(2)17-27-31(28(39)18-33)25(14-21-8-13-29(41-4)30(15-21)42-5)36-38(27)26-12-9-22(16-24(26)35)32(40)37(3)19-20-6-10-23(34)11-7-20/h6-13,15-16H,14,17-19,35H2,1-5H3. The lowest BCUT2D eigenvalue weighted by molar-refractivity contribution is 0.0784. The number of hydrogen-bond donors (Lipinski definition) is 1. The number of nitrogens with zero attached hydrogens (tertiary/aromatic N) is 3. The van der Waals surface area contributed by atoms with Crippen molar-refractivity contribution in [3.63, 3.8) is 0 Å². The first-order valence-electron chi connectivity index (χ1n) is 13.7. The zero-order chi connectivity index (χ0) is 30.2. The summed E-state index contributed by atoms with van der Waals surface area (Å²) in [6, 6.07) is 16.8. The highest BCUT2D eigenvalue weighted by atomic mass is 19.1. The lowest BCUT2D eigenvalue weighted by Gasteiger charge is -2.29. The summed E-state index contributed by atoms with van der Waals surface area (Å²) in [4.78, 5) is 28.2. The fraction of sp³-hybridized carbons (Fsp3) is 0.303. The summed E-state index contributed by atoms with van der Waals surface area (Å²) in [5.74, 6) is 0.733.